The quantitative estimate of drug-likeness (QED) is 0.674. The number of pyridine rings is 1. The monoisotopic (exact) mass is 381 g/mol. The van der Waals surface area contributed by atoms with Gasteiger partial charge in [0.25, 0.3) is 5.91 Å². The van der Waals surface area contributed by atoms with Crippen LogP contribution < -0.4 is 0 Å². The normalized spacial score (nSPS) is 17.1. The number of carbonyl (C=O) groups excluding carboxylic acids is 1. The third-order valence-corrected chi connectivity index (χ3v) is 5.20. The van der Waals surface area contributed by atoms with Crippen LogP contribution in [0.4, 0.5) is 0 Å². The van der Waals surface area contributed by atoms with E-state index in [-0.39, 0.29) is 11.8 Å². The van der Waals surface area contributed by atoms with Gasteiger partial charge in [-0.3, -0.25) is 9.78 Å². The number of halogens is 1. The summed E-state index contributed by atoms with van der Waals surface area (Å²) < 4.78 is 5.99. The molecule has 0 N–H and O–H groups in total. The number of rotatable bonds is 4. The Labute approximate surface area is 163 Å². The third kappa shape index (κ3) is 4.03. The Morgan fingerprint density at radius 1 is 1.19 bits per heavy atom. The molecule has 1 aliphatic heterocycles. The largest absolute Gasteiger partial charge is 0.445 e. The van der Waals surface area contributed by atoms with Crippen LogP contribution in [-0.4, -0.2) is 33.9 Å². The minimum absolute atomic E-state index is 0.0388. The van der Waals surface area contributed by atoms with Crippen LogP contribution >= 0.6 is 11.6 Å². The molecule has 6 heteroatoms. The first kappa shape index (κ1) is 17.7. The van der Waals surface area contributed by atoms with Gasteiger partial charge in [-0.1, -0.05) is 35.9 Å². The third-order valence-electron chi connectivity index (χ3n) is 4.84. The van der Waals surface area contributed by atoms with Crippen LogP contribution in [0, 0.1) is 0 Å². The number of hydrogen-bond acceptors (Lipinski definition) is 4. The SMILES string of the molecule is O=C(c1ccccn1)N1CCC[C@@H](c2ncc(Cc3ccccc3Cl)o2)C1. The average molecular weight is 382 g/mol. The van der Waals surface area contributed by atoms with E-state index in [0.717, 1.165) is 35.7 Å². The zero-order valence-corrected chi connectivity index (χ0v) is 15.6. The molecule has 3 heterocycles. The fourth-order valence-electron chi connectivity index (χ4n) is 3.44. The molecule has 1 atom stereocenters. The molecule has 27 heavy (non-hydrogen) atoms. The Kier molecular flexibility index (Phi) is 5.21. The van der Waals surface area contributed by atoms with Crippen molar-refractivity contribution in [1.82, 2.24) is 14.9 Å². The summed E-state index contributed by atoms with van der Waals surface area (Å²) in [5, 5.41) is 0.722. The van der Waals surface area contributed by atoms with Crippen LogP contribution in [-0.2, 0) is 6.42 Å². The summed E-state index contributed by atoms with van der Waals surface area (Å²) in [5.41, 5.74) is 1.49. The topological polar surface area (TPSA) is 59.2 Å². The zero-order valence-electron chi connectivity index (χ0n) is 14.8. The van der Waals surface area contributed by atoms with Gasteiger partial charge in [-0.25, -0.2) is 4.98 Å². The van der Waals surface area contributed by atoms with Crippen molar-refractivity contribution in [3.63, 3.8) is 0 Å². The maximum absolute atomic E-state index is 12.7. The molecule has 0 radical (unpaired) electrons. The summed E-state index contributed by atoms with van der Waals surface area (Å²) in [6, 6.07) is 13.1. The van der Waals surface area contributed by atoms with E-state index in [9.17, 15) is 4.79 Å². The van der Waals surface area contributed by atoms with Gasteiger partial charge in [0.1, 0.15) is 11.5 Å². The molecule has 0 unspecified atom stereocenters. The number of carbonyl (C=O) groups is 1. The molecular formula is C21H20ClN3O2. The average Bonchev–Trinajstić information content (AvgIpc) is 3.19. The highest BCUT2D eigenvalue weighted by molar-refractivity contribution is 6.31. The first-order valence-electron chi connectivity index (χ1n) is 9.09. The molecule has 1 saturated heterocycles. The second kappa shape index (κ2) is 7.92. The molecule has 0 aliphatic carbocycles. The lowest BCUT2D eigenvalue weighted by Gasteiger charge is -2.31. The highest BCUT2D eigenvalue weighted by Gasteiger charge is 2.28. The molecule has 3 aromatic rings. The Balaban J connectivity index is 1.45. The second-order valence-corrected chi connectivity index (χ2v) is 7.15. The van der Waals surface area contributed by atoms with E-state index >= 15 is 0 Å². The minimum Gasteiger partial charge on any atom is -0.445 e. The minimum atomic E-state index is -0.0388. The van der Waals surface area contributed by atoms with Gasteiger partial charge in [0.05, 0.1) is 12.1 Å². The Hall–Kier alpha value is -2.66. The van der Waals surface area contributed by atoms with E-state index in [1.165, 1.54) is 0 Å². The lowest BCUT2D eigenvalue weighted by molar-refractivity contribution is 0.0692. The Bertz CT molecular complexity index is 926. The van der Waals surface area contributed by atoms with Gasteiger partial charge in [-0.15, -0.1) is 0 Å². The van der Waals surface area contributed by atoms with Gasteiger partial charge >= 0.3 is 0 Å². The van der Waals surface area contributed by atoms with Gasteiger partial charge < -0.3 is 9.32 Å². The zero-order chi connectivity index (χ0) is 18.6. The predicted molar refractivity (Wildman–Crippen MR) is 103 cm³/mol. The van der Waals surface area contributed by atoms with Crippen molar-refractivity contribution >= 4 is 17.5 Å². The van der Waals surface area contributed by atoms with E-state index in [0.29, 0.717) is 24.6 Å². The molecule has 2 aromatic heterocycles. The molecule has 1 aliphatic rings. The van der Waals surface area contributed by atoms with Crippen molar-refractivity contribution in [3.05, 3.63) is 82.8 Å². The van der Waals surface area contributed by atoms with Crippen LogP contribution in [0.25, 0.3) is 0 Å². The molecule has 0 saturated carbocycles. The van der Waals surface area contributed by atoms with Crippen molar-refractivity contribution in [2.24, 2.45) is 0 Å². The maximum Gasteiger partial charge on any atom is 0.272 e. The van der Waals surface area contributed by atoms with E-state index < -0.39 is 0 Å². The summed E-state index contributed by atoms with van der Waals surface area (Å²) in [5.74, 6) is 1.54. The van der Waals surface area contributed by atoms with Crippen molar-refractivity contribution in [1.29, 1.82) is 0 Å². The summed E-state index contributed by atoms with van der Waals surface area (Å²) in [6.45, 7) is 1.33. The lowest BCUT2D eigenvalue weighted by Crippen LogP contribution is -2.39. The van der Waals surface area contributed by atoms with Crippen LogP contribution in [0.15, 0.2) is 59.3 Å². The van der Waals surface area contributed by atoms with Crippen molar-refractivity contribution in [3.8, 4) is 0 Å². The molecule has 4 rings (SSSR count). The fourth-order valence-corrected chi connectivity index (χ4v) is 3.64. The van der Waals surface area contributed by atoms with E-state index in [1.54, 1.807) is 18.5 Å². The summed E-state index contributed by atoms with van der Waals surface area (Å²) in [6.07, 6.45) is 5.89. The number of likely N-dealkylation sites (tertiary alicyclic amines) is 1. The molecular weight excluding hydrogens is 362 g/mol. The molecule has 0 spiro atoms. The lowest BCUT2D eigenvalue weighted by atomic mass is 9.97. The fraction of sp³-hybridized carbons (Fsp3) is 0.286. The second-order valence-electron chi connectivity index (χ2n) is 6.74. The molecule has 5 nitrogen and oxygen atoms in total. The van der Waals surface area contributed by atoms with Crippen LogP contribution in [0.2, 0.25) is 5.02 Å². The number of nitrogens with zero attached hydrogens (tertiary/aromatic N) is 3. The van der Waals surface area contributed by atoms with Gasteiger partial charge in [-0.05, 0) is 36.6 Å². The smallest absolute Gasteiger partial charge is 0.272 e. The van der Waals surface area contributed by atoms with Crippen molar-refractivity contribution in [2.75, 3.05) is 13.1 Å². The van der Waals surface area contributed by atoms with Crippen LogP contribution in [0.5, 0.6) is 0 Å². The van der Waals surface area contributed by atoms with E-state index in [2.05, 4.69) is 9.97 Å². The first-order valence-corrected chi connectivity index (χ1v) is 9.47. The maximum atomic E-state index is 12.7. The molecule has 1 amide bonds. The number of piperidine rings is 1. The van der Waals surface area contributed by atoms with Gasteiger partial charge in [-0.2, -0.15) is 0 Å². The number of hydrogen-bond donors (Lipinski definition) is 0. The summed E-state index contributed by atoms with van der Waals surface area (Å²) >= 11 is 6.23. The van der Waals surface area contributed by atoms with Gasteiger partial charge in [0, 0.05) is 30.7 Å². The standard InChI is InChI=1S/C21H20ClN3O2/c22-18-8-2-1-6-15(18)12-17-13-24-20(27-17)16-7-5-11-25(14-16)21(26)19-9-3-4-10-23-19/h1-4,6,8-10,13,16H,5,7,11-12,14H2/t16-/m1/s1. The highest BCUT2D eigenvalue weighted by Crippen LogP contribution is 2.28. The van der Waals surface area contributed by atoms with Crippen molar-refractivity contribution < 1.29 is 9.21 Å². The molecule has 1 fully saturated rings. The Morgan fingerprint density at radius 2 is 2.04 bits per heavy atom. The molecule has 138 valence electrons. The van der Waals surface area contributed by atoms with Gasteiger partial charge in [0.15, 0.2) is 5.89 Å². The number of oxazole rings is 1. The first-order chi connectivity index (χ1) is 13.2. The van der Waals surface area contributed by atoms with E-state index in [1.807, 2.05) is 41.3 Å². The number of aromatic nitrogens is 2. The van der Waals surface area contributed by atoms with E-state index in [4.69, 9.17) is 16.0 Å². The summed E-state index contributed by atoms with van der Waals surface area (Å²) in [4.78, 5) is 23.1. The number of amides is 1. The van der Waals surface area contributed by atoms with Crippen molar-refractivity contribution in [2.45, 2.75) is 25.2 Å². The van der Waals surface area contributed by atoms with Crippen LogP contribution in [0.1, 0.15) is 46.5 Å². The summed E-state index contributed by atoms with van der Waals surface area (Å²) in [7, 11) is 0. The van der Waals surface area contributed by atoms with Gasteiger partial charge in [0.2, 0.25) is 0 Å². The number of benzene rings is 1. The predicted octanol–water partition coefficient (Wildman–Crippen LogP) is 4.33. The molecule has 0 bridgehead atoms. The highest BCUT2D eigenvalue weighted by atomic mass is 35.5. The Morgan fingerprint density at radius 3 is 2.85 bits per heavy atom. The molecule has 1 aromatic carbocycles. The van der Waals surface area contributed by atoms with Crippen LogP contribution in [0.3, 0.4) is 0 Å².